The summed E-state index contributed by atoms with van der Waals surface area (Å²) < 4.78 is 37.0. The van der Waals surface area contributed by atoms with Crippen molar-refractivity contribution in [2.45, 2.75) is 31.5 Å². The zero-order chi connectivity index (χ0) is 18.0. The number of allylic oxidation sites excluding steroid dienone is 1. The van der Waals surface area contributed by atoms with Crippen LogP contribution in [0.25, 0.3) is 11.8 Å². The van der Waals surface area contributed by atoms with E-state index in [1.54, 1.807) is 0 Å². The highest BCUT2D eigenvalue weighted by molar-refractivity contribution is 6.35. The van der Waals surface area contributed by atoms with Gasteiger partial charge in [-0.15, -0.1) is 0 Å². The standard InChI is InChI=1S/C16H18ClF3N4O/c17-12-2-1-3-13-11(4-6-21-13)15(12)23-22-10-5-7-24(9-10)14(25)8-16(18,19)20/h2-4,6,10,21-23H,1,5,7-9H2. The van der Waals surface area contributed by atoms with E-state index in [0.29, 0.717) is 30.1 Å². The first-order valence-corrected chi connectivity index (χ1v) is 8.31. The number of hydrazine groups is 1. The van der Waals surface area contributed by atoms with E-state index < -0.39 is 18.5 Å². The topological polar surface area (TPSA) is 60.2 Å². The molecule has 1 atom stereocenters. The van der Waals surface area contributed by atoms with Gasteiger partial charge in [-0.05, 0) is 18.9 Å². The highest BCUT2D eigenvalue weighted by Crippen LogP contribution is 2.22. The summed E-state index contributed by atoms with van der Waals surface area (Å²) in [4.78, 5) is 16.0. The zero-order valence-corrected chi connectivity index (χ0v) is 14.0. The summed E-state index contributed by atoms with van der Waals surface area (Å²) in [6.45, 7) is 0.527. The number of nitrogens with one attached hydrogen (secondary N) is 3. The van der Waals surface area contributed by atoms with Crippen LogP contribution in [0.3, 0.4) is 0 Å². The highest BCUT2D eigenvalue weighted by atomic mass is 35.5. The Morgan fingerprint density at radius 2 is 2.20 bits per heavy atom. The lowest BCUT2D eigenvalue weighted by Gasteiger charge is -2.19. The number of likely N-dealkylation sites (tertiary alicyclic amines) is 1. The average molecular weight is 375 g/mol. The number of carbonyl (C=O) groups is 1. The third-order valence-corrected chi connectivity index (χ3v) is 4.54. The van der Waals surface area contributed by atoms with E-state index in [4.69, 9.17) is 11.6 Å². The number of hydrogen-bond donors (Lipinski definition) is 3. The molecule has 25 heavy (non-hydrogen) atoms. The molecule has 2 heterocycles. The van der Waals surface area contributed by atoms with Crippen LogP contribution in [0.2, 0.25) is 0 Å². The number of carbonyl (C=O) groups excluding carboxylic acids is 1. The lowest BCUT2D eigenvalue weighted by molar-refractivity contribution is -0.160. The second-order valence-electron chi connectivity index (χ2n) is 6.06. The van der Waals surface area contributed by atoms with Crippen molar-refractivity contribution in [2.24, 2.45) is 0 Å². The van der Waals surface area contributed by atoms with Gasteiger partial charge in [0.15, 0.2) is 0 Å². The van der Waals surface area contributed by atoms with E-state index in [0.717, 1.165) is 10.6 Å². The molecule has 5 nitrogen and oxygen atoms in total. The maximum absolute atomic E-state index is 12.3. The number of halogens is 4. The Hall–Kier alpha value is -1.93. The third-order valence-electron chi connectivity index (χ3n) is 4.20. The Morgan fingerprint density at radius 1 is 1.40 bits per heavy atom. The van der Waals surface area contributed by atoms with Crippen molar-refractivity contribution in [3.8, 4) is 0 Å². The first-order valence-electron chi connectivity index (χ1n) is 7.93. The number of alkyl halides is 3. The monoisotopic (exact) mass is 374 g/mol. The van der Waals surface area contributed by atoms with E-state index in [9.17, 15) is 18.0 Å². The average Bonchev–Trinajstić information content (AvgIpc) is 3.13. The molecule has 0 aromatic carbocycles. The molecule has 1 amide bonds. The minimum absolute atomic E-state index is 0.149. The Labute approximate surface area is 147 Å². The van der Waals surface area contributed by atoms with E-state index in [1.165, 1.54) is 4.90 Å². The molecule has 1 fully saturated rings. The van der Waals surface area contributed by atoms with Gasteiger partial charge in [0.25, 0.3) is 0 Å². The minimum Gasteiger partial charge on any atom is -0.361 e. The molecule has 3 rings (SSSR count). The molecule has 136 valence electrons. The summed E-state index contributed by atoms with van der Waals surface area (Å²) in [5.41, 5.74) is 6.84. The summed E-state index contributed by atoms with van der Waals surface area (Å²) in [7, 11) is 0. The molecule has 1 aliphatic heterocycles. The van der Waals surface area contributed by atoms with Gasteiger partial charge in [-0.1, -0.05) is 23.8 Å². The fourth-order valence-corrected chi connectivity index (χ4v) is 3.21. The molecule has 0 bridgehead atoms. The molecule has 1 unspecified atom stereocenters. The number of rotatable bonds is 4. The first kappa shape index (κ1) is 17.9. The predicted octanol–water partition coefficient (Wildman–Crippen LogP) is 1.08. The van der Waals surface area contributed by atoms with Crippen LogP contribution in [0.15, 0.2) is 23.4 Å². The van der Waals surface area contributed by atoms with Crippen LogP contribution < -0.4 is 21.4 Å². The van der Waals surface area contributed by atoms with Gasteiger partial charge in [-0.3, -0.25) is 4.79 Å². The van der Waals surface area contributed by atoms with Crippen molar-refractivity contribution >= 4 is 29.3 Å². The van der Waals surface area contributed by atoms with E-state index in [2.05, 4.69) is 15.8 Å². The van der Waals surface area contributed by atoms with Crippen LogP contribution >= 0.6 is 11.6 Å². The Morgan fingerprint density at radius 3 is 2.96 bits per heavy atom. The largest absolute Gasteiger partial charge is 0.397 e. The molecule has 3 N–H and O–H groups in total. The van der Waals surface area contributed by atoms with Crippen molar-refractivity contribution in [1.29, 1.82) is 0 Å². The molecule has 0 radical (unpaired) electrons. The summed E-state index contributed by atoms with van der Waals surface area (Å²) in [5.74, 6) is -0.889. The van der Waals surface area contributed by atoms with Gasteiger partial charge in [0.05, 0.1) is 10.7 Å². The molecular weight excluding hydrogens is 357 g/mol. The molecule has 1 aromatic rings. The Balaban J connectivity index is 1.63. The quantitative estimate of drug-likeness (QED) is 0.691. The zero-order valence-electron chi connectivity index (χ0n) is 13.3. The lowest BCUT2D eigenvalue weighted by atomic mass is 10.3. The fraction of sp³-hybridized carbons (Fsp3) is 0.438. The van der Waals surface area contributed by atoms with Gasteiger partial charge in [-0.2, -0.15) is 13.2 Å². The molecule has 1 saturated heterocycles. The van der Waals surface area contributed by atoms with Gasteiger partial charge < -0.3 is 15.3 Å². The molecule has 1 aromatic heterocycles. The number of hydrogen-bond acceptors (Lipinski definition) is 3. The molecule has 2 aliphatic rings. The van der Waals surface area contributed by atoms with Crippen LogP contribution in [-0.2, 0) is 4.79 Å². The summed E-state index contributed by atoms with van der Waals surface area (Å²) in [6, 6.07) is 1.74. The normalized spacial score (nSPS) is 20.6. The number of nitrogens with zero attached hydrogens (tertiary/aromatic N) is 1. The van der Waals surface area contributed by atoms with Gasteiger partial charge in [-0.25, -0.2) is 5.43 Å². The second kappa shape index (κ2) is 7.13. The number of fused-ring (bicyclic) bond motifs is 1. The van der Waals surface area contributed by atoms with Crippen molar-refractivity contribution in [2.75, 3.05) is 13.1 Å². The van der Waals surface area contributed by atoms with Crippen molar-refractivity contribution < 1.29 is 18.0 Å². The molecular formula is C16H18ClF3N4O. The summed E-state index contributed by atoms with van der Waals surface area (Å²) >= 11 is 6.31. The highest BCUT2D eigenvalue weighted by Gasteiger charge is 2.36. The van der Waals surface area contributed by atoms with Gasteiger partial charge in [0, 0.05) is 35.9 Å². The maximum atomic E-state index is 12.3. The Bertz CT molecular complexity index is 799. The molecule has 0 saturated carbocycles. The second-order valence-corrected chi connectivity index (χ2v) is 6.47. The van der Waals surface area contributed by atoms with Gasteiger partial charge >= 0.3 is 6.18 Å². The van der Waals surface area contributed by atoms with Crippen LogP contribution in [0, 0.1) is 0 Å². The lowest BCUT2D eigenvalue weighted by Crippen LogP contribution is -2.45. The minimum atomic E-state index is -4.48. The van der Waals surface area contributed by atoms with Crippen LogP contribution in [-0.4, -0.2) is 41.1 Å². The van der Waals surface area contributed by atoms with Crippen LogP contribution in [0.4, 0.5) is 13.2 Å². The Kier molecular flexibility index (Phi) is 5.10. The number of H-pyrrole nitrogens is 1. The van der Waals surface area contributed by atoms with Gasteiger partial charge in [0.1, 0.15) is 6.42 Å². The number of amides is 1. The van der Waals surface area contributed by atoms with E-state index in [1.807, 2.05) is 24.4 Å². The number of aromatic amines is 1. The maximum Gasteiger partial charge on any atom is 0.397 e. The molecule has 1 aliphatic carbocycles. The van der Waals surface area contributed by atoms with Crippen LogP contribution in [0.5, 0.6) is 0 Å². The molecule has 9 heteroatoms. The summed E-state index contributed by atoms with van der Waals surface area (Å²) in [5, 5.41) is 2.42. The van der Waals surface area contributed by atoms with E-state index in [-0.39, 0.29) is 12.6 Å². The van der Waals surface area contributed by atoms with Crippen molar-refractivity contribution in [1.82, 2.24) is 20.7 Å². The van der Waals surface area contributed by atoms with Crippen molar-refractivity contribution in [3.05, 3.63) is 33.9 Å². The van der Waals surface area contributed by atoms with Crippen molar-refractivity contribution in [3.63, 3.8) is 0 Å². The van der Waals surface area contributed by atoms with E-state index >= 15 is 0 Å². The van der Waals surface area contributed by atoms with Gasteiger partial charge in [0.2, 0.25) is 5.91 Å². The fourth-order valence-electron chi connectivity index (χ4n) is 2.97. The summed E-state index contributed by atoms with van der Waals surface area (Å²) in [6.07, 6.45) is 1.06. The number of aromatic nitrogens is 1. The molecule has 0 spiro atoms. The SMILES string of the molecule is O=C(CC(F)(F)F)N1CCC(NNC2=c3cc[nH]c3=CCC=C2Cl)C1. The smallest absolute Gasteiger partial charge is 0.361 e. The van der Waals surface area contributed by atoms with Crippen LogP contribution in [0.1, 0.15) is 19.3 Å². The third kappa shape index (κ3) is 4.38. The predicted molar refractivity (Wildman–Crippen MR) is 88.4 cm³/mol. The first-order chi connectivity index (χ1) is 11.8.